The molecule has 2 aromatic heterocycles. The quantitative estimate of drug-likeness (QED) is 0.376. The minimum Gasteiger partial charge on any atom is -0.411 e. The molecule has 0 spiro atoms. The lowest BCUT2D eigenvalue weighted by atomic mass is 9.80. The molecule has 0 amide bonds. The second-order valence-electron chi connectivity index (χ2n) is 8.34. The van der Waals surface area contributed by atoms with Gasteiger partial charge in [-0.2, -0.15) is 10.5 Å². The summed E-state index contributed by atoms with van der Waals surface area (Å²) in [5, 5.41) is 32.4. The summed E-state index contributed by atoms with van der Waals surface area (Å²) in [6.07, 6.45) is 3.22. The van der Waals surface area contributed by atoms with Crippen molar-refractivity contribution in [3.8, 4) is 12.1 Å². The average molecular weight is 441 g/mol. The van der Waals surface area contributed by atoms with Crippen molar-refractivity contribution < 1.29 is 5.21 Å². The number of benzene rings is 1. The van der Waals surface area contributed by atoms with Crippen LogP contribution in [-0.2, 0) is 7.05 Å². The standard InChI is InChI=1S/C25H24N6O2/c1-30(19-11-8-17(9-12-19)22(29-33)16-6-4-3-5-7-16)24-20(15-27)25(32)31(2)21-13-10-18(14-26)28-23(21)24/h3-7,10,13,17,19,33H,8-9,11-12H2,1-2H3/b29-22+. The molecule has 4 rings (SSSR count). The first-order valence-electron chi connectivity index (χ1n) is 10.8. The molecule has 1 aliphatic carbocycles. The highest BCUT2D eigenvalue weighted by Gasteiger charge is 2.31. The molecule has 0 radical (unpaired) electrons. The van der Waals surface area contributed by atoms with Gasteiger partial charge in [0.05, 0.1) is 16.9 Å². The van der Waals surface area contributed by atoms with Crippen molar-refractivity contribution in [2.24, 2.45) is 18.1 Å². The second kappa shape index (κ2) is 9.13. The van der Waals surface area contributed by atoms with Gasteiger partial charge in [0.25, 0.3) is 5.56 Å². The summed E-state index contributed by atoms with van der Waals surface area (Å²) in [4.78, 5) is 19.3. The molecule has 1 fully saturated rings. The van der Waals surface area contributed by atoms with Gasteiger partial charge in [0.1, 0.15) is 28.9 Å². The molecule has 1 saturated carbocycles. The first-order chi connectivity index (χ1) is 16.0. The molecule has 8 heteroatoms. The first kappa shape index (κ1) is 22.0. The Kier molecular flexibility index (Phi) is 6.10. The highest BCUT2D eigenvalue weighted by molar-refractivity contribution is 6.02. The van der Waals surface area contributed by atoms with Crippen LogP contribution in [0, 0.1) is 28.6 Å². The third-order valence-corrected chi connectivity index (χ3v) is 6.60. The number of aromatic nitrogens is 2. The van der Waals surface area contributed by atoms with E-state index in [-0.39, 0.29) is 28.8 Å². The van der Waals surface area contributed by atoms with Crippen LogP contribution < -0.4 is 10.5 Å². The maximum Gasteiger partial charge on any atom is 0.270 e. The zero-order chi connectivity index (χ0) is 23.5. The molecule has 0 aliphatic heterocycles. The number of rotatable bonds is 4. The van der Waals surface area contributed by atoms with Crippen LogP contribution in [-0.4, -0.2) is 33.6 Å². The summed E-state index contributed by atoms with van der Waals surface area (Å²) < 4.78 is 1.40. The third kappa shape index (κ3) is 3.92. The summed E-state index contributed by atoms with van der Waals surface area (Å²) in [6, 6.07) is 17.1. The number of nitrogens with zero attached hydrogens (tertiary/aromatic N) is 6. The summed E-state index contributed by atoms with van der Waals surface area (Å²) in [5.41, 5.74) is 2.99. The number of hydrogen-bond donors (Lipinski definition) is 1. The third-order valence-electron chi connectivity index (χ3n) is 6.60. The van der Waals surface area contributed by atoms with Crippen LogP contribution in [0.25, 0.3) is 11.0 Å². The predicted molar refractivity (Wildman–Crippen MR) is 125 cm³/mol. The van der Waals surface area contributed by atoms with Gasteiger partial charge in [-0.25, -0.2) is 4.98 Å². The molecule has 0 bridgehead atoms. The summed E-state index contributed by atoms with van der Waals surface area (Å²) in [5.74, 6) is 0.126. The molecule has 166 valence electrons. The van der Waals surface area contributed by atoms with E-state index in [1.165, 1.54) is 4.57 Å². The molecular formula is C25H24N6O2. The highest BCUT2D eigenvalue weighted by atomic mass is 16.4. The Hall–Kier alpha value is -4.17. The molecule has 1 aliphatic rings. The number of anilines is 1. The van der Waals surface area contributed by atoms with Crippen molar-refractivity contribution in [3.63, 3.8) is 0 Å². The normalized spacial score (nSPS) is 18.5. The van der Waals surface area contributed by atoms with Gasteiger partial charge in [-0.1, -0.05) is 35.5 Å². The van der Waals surface area contributed by atoms with Gasteiger partial charge in [0, 0.05) is 26.1 Å². The fourth-order valence-electron chi connectivity index (χ4n) is 4.80. The predicted octanol–water partition coefficient (Wildman–Crippen LogP) is 3.55. The van der Waals surface area contributed by atoms with Crippen LogP contribution in [0.15, 0.2) is 52.4 Å². The van der Waals surface area contributed by atoms with Crippen molar-refractivity contribution in [2.45, 2.75) is 31.7 Å². The van der Waals surface area contributed by atoms with E-state index in [0.29, 0.717) is 22.4 Å². The Morgan fingerprint density at radius 1 is 1.12 bits per heavy atom. The number of aryl methyl sites for hydroxylation is 1. The molecule has 1 aromatic carbocycles. The Morgan fingerprint density at radius 3 is 2.42 bits per heavy atom. The lowest BCUT2D eigenvalue weighted by molar-refractivity contribution is 0.307. The van der Waals surface area contributed by atoms with Gasteiger partial charge in [-0.3, -0.25) is 4.79 Å². The zero-order valence-corrected chi connectivity index (χ0v) is 18.6. The fraction of sp³-hybridized carbons (Fsp3) is 0.320. The lowest BCUT2D eigenvalue weighted by Gasteiger charge is -2.36. The Bertz CT molecular complexity index is 1360. The minimum absolute atomic E-state index is 0.0270. The van der Waals surface area contributed by atoms with Crippen LogP contribution in [0.2, 0.25) is 0 Å². The molecule has 3 aromatic rings. The van der Waals surface area contributed by atoms with Crippen molar-refractivity contribution in [1.82, 2.24) is 9.55 Å². The lowest BCUT2D eigenvalue weighted by Crippen LogP contribution is -2.38. The van der Waals surface area contributed by atoms with Crippen molar-refractivity contribution in [3.05, 3.63) is 69.6 Å². The van der Waals surface area contributed by atoms with E-state index in [2.05, 4.69) is 16.2 Å². The second-order valence-corrected chi connectivity index (χ2v) is 8.34. The van der Waals surface area contributed by atoms with Crippen LogP contribution >= 0.6 is 0 Å². The van der Waals surface area contributed by atoms with Gasteiger partial charge in [-0.05, 0) is 43.4 Å². The number of hydrogen-bond acceptors (Lipinski definition) is 7. The van der Waals surface area contributed by atoms with Gasteiger partial charge in [0.15, 0.2) is 0 Å². The van der Waals surface area contributed by atoms with Crippen molar-refractivity contribution in [1.29, 1.82) is 10.5 Å². The number of nitriles is 2. The Morgan fingerprint density at radius 2 is 1.82 bits per heavy atom. The fourth-order valence-corrected chi connectivity index (χ4v) is 4.80. The van der Waals surface area contributed by atoms with Crippen LogP contribution in [0.5, 0.6) is 0 Å². The highest BCUT2D eigenvalue weighted by Crippen LogP contribution is 2.35. The average Bonchev–Trinajstić information content (AvgIpc) is 2.86. The molecule has 33 heavy (non-hydrogen) atoms. The van der Waals surface area contributed by atoms with Gasteiger partial charge in [0.2, 0.25) is 0 Å². The maximum absolute atomic E-state index is 12.9. The van der Waals surface area contributed by atoms with Gasteiger partial charge in [-0.15, -0.1) is 0 Å². The van der Waals surface area contributed by atoms with Gasteiger partial charge >= 0.3 is 0 Å². The maximum atomic E-state index is 12.9. The van der Waals surface area contributed by atoms with E-state index >= 15 is 0 Å². The number of fused-ring (bicyclic) bond motifs is 1. The molecule has 0 atom stereocenters. The largest absolute Gasteiger partial charge is 0.411 e. The van der Waals surface area contributed by atoms with E-state index in [9.17, 15) is 20.5 Å². The molecule has 1 N–H and O–H groups in total. The SMILES string of the molecule is CN(c1c(C#N)c(=O)n(C)c2ccc(C#N)nc12)C1CCC(/C(=N/O)c2ccccc2)CC1. The van der Waals surface area contributed by atoms with E-state index in [1.807, 2.05) is 48.3 Å². The molecule has 0 saturated heterocycles. The summed E-state index contributed by atoms with van der Waals surface area (Å²) in [7, 11) is 3.48. The molecule has 0 unspecified atom stereocenters. The Labute approximate surface area is 191 Å². The van der Waals surface area contributed by atoms with Crippen molar-refractivity contribution in [2.75, 3.05) is 11.9 Å². The summed E-state index contributed by atoms with van der Waals surface area (Å²) in [6.45, 7) is 0. The van der Waals surface area contributed by atoms with Crippen LogP contribution in [0.1, 0.15) is 42.5 Å². The monoisotopic (exact) mass is 440 g/mol. The number of oxime groups is 1. The number of pyridine rings is 2. The smallest absolute Gasteiger partial charge is 0.270 e. The van der Waals surface area contributed by atoms with E-state index in [4.69, 9.17) is 0 Å². The van der Waals surface area contributed by atoms with E-state index < -0.39 is 0 Å². The van der Waals surface area contributed by atoms with Crippen molar-refractivity contribution >= 4 is 22.4 Å². The first-order valence-corrected chi connectivity index (χ1v) is 10.8. The van der Waals surface area contributed by atoms with Gasteiger partial charge < -0.3 is 14.7 Å². The van der Waals surface area contributed by atoms with Crippen LogP contribution in [0.3, 0.4) is 0 Å². The topological polar surface area (TPSA) is 118 Å². The van der Waals surface area contributed by atoms with Crippen LogP contribution in [0.4, 0.5) is 5.69 Å². The molecule has 8 nitrogen and oxygen atoms in total. The van der Waals surface area contributed by atoms with E-state index in [0.717, 1.165) is 31.2 Å². The molecule has 2 heterocycles. The summed E-state index contributed by atoms with van der Waals surface area (Å²) >= 11 is 0. The molecular weight excluding hydrogens is 416 g/mol. The van der Waals surface area contributed by atoms with E-state index in [1.54, 1.807) is 19.2 Å². The Balaban J connectivity index is 1.67. The zero-order valence-electron chi connectivity index (χ0n) is 18.6. The minimum atomic E-state index is -0.383.